The minimum Gasteiger partial charge on any atom is -0.469 e. The summed E-state index contributed by atoms with van der Waals surface area (Å²) in [6.45, 7) is 8.28. The highest BCUT2D eigenvalue weighted by atomic mass is 16.5. The van der Waals surface area contributed by atoms with Crippen LogP contribution in [0.5, 0.6) is 0 Å². The maximum atomic E-state index is 13.8. The zero-order chi connectivity index (χ0) is 23.3. The van der Waals surface area contributed by atoms with E-state index in [0.29, 0.717) is 41.8 Å². The van der Waals surface area contributed by atoms with Gasteiger partial charge in [0.25, 0.3) is 0 Å². The fourth-order valence-corrected chi connectivity index (χ4v) is 8.21. The predicted octanol–water partition coefficient (Wildman–Crippen LogP) is 5.27. The molecule has 0 bridgehead atoms. The van der Waals surface area contributed by atoms with Gasteiger partial charge < -0.3 is 9.47 Å². The molecule has 0 N–H and O–H groups in total. The van der Waals surface area contributed by atoms with Crippen molar-refractivity contribution in [2.75, 3.05) is 7.11 Å². The van der Waals surface area contributed by atoms with Gasteiger partial charge in [0.05, 0.1) is 7.11 Å². The van der Waals surface area contributed by atoms with Gasteiger partial charge in [-0.2, -0.15) is 0 Å². The molecule has 0 spiro atoms. The molecule has 3 saturated carbocycles. The van der Waals surface area contributed by atoms with E-state index in [0.717, 1.165) is 51.4 Å². The van der Waals surface area contributed by atoms with E-state index in [1.165, 1.54) is 19.6 Å². The number of esters is 2. The molecule has 0 aromatic rings. The SMILES string of the molecule is COC(=O)CC[C@H](C)[C@@H]1CC[C@H]2[C@@H]3CC[C@@H]4C[C@H](OC(C)=O)CC[C@]4(C)C3=CC(=O)[C@]21C. The normalized spacial score (nSPS) is 41.6. The summed E-state index contributed by atoms with van der Waals surface area (Å²) in [6, 6.07) is 0. The zero-order valence-electron chi connectivity index (χ0n) is 20.4. The van der Waals surface area contributed by atoms with Crippen LogP contribution >= 0.6 is 0 Å². The number of hydrogen-bond donors (Lipinski definition) is 0. The lowest BCUT2D eigenvalue weighted by Gasteiger charge is -2.56. The second-order valence-corrected chi connectivity index (χ2v) is 11.4. The molecule has 5 nitrogen and oxygen atoms in total. The van der Waals surface area contributed by atoms with Gasteiger partial charge in [-0.3, -0.25) is 14.4 Å². The Morgan fingerprint density at radius 2 is 1.91 bits per heavy atom. The van der Waals surface area contributed by atoms with Gasteiger partial charge >= 0.3 is 11.9 Å². The Morgan fingerprint density at radius 1 is 1.16 bits per heavy atom. The number of carbonyl (C=O) groups is 3. The highest BCUT2D eigenvalue weighted by Gasteiger charge is 2.61. The second kappa shape index (κ2) is 8.61. The Kier molecular flexibility index (Phi) is 6.32. The maximum Gasteiger partial charge on any atom is 0.305 e. The van der Waals surface area contributed by atoms with Crippen LogP contribution in [0.15, 0.2) is 11.6 Å². The summed E-state index contributed by atoms with van der Waals surface area (Å²) in [5.41, 5.74) is 1.12. The van der Waals surface area contributed by atoms with Crippen molar-refractivity contribution in [2.45, 2.75) is 91.6 Å². The fourth-order valence-electron chi connectivity index (χ4n) is 8.21. The molecule has 4 aliphatic carbocycles. The predicted molar refractivity (Wildman–Crippen MR) is 122 cm³/mol. The fraction of sp³-hybridized carbons (Fsp3) is 0.815. The van der Waals surface area contributed by atoms with Crippen LogP contribution in [-0.4, -0.2) is 30.9 Å². The summed E-state index contributed by atoms with van der Waals surface area (Å²) < 4.78 is 10.4. The van der Waals surface area contributed by atoms with Gasteiger partial charge in [0.1, 0.15) is 6.10 Å². The minimum absolute atomic E-state index is 0.0267. The Balaban J connectivity index is 1.56. The molecule has 8 atom stereocenters. The first kappa shape index (κ1) is 23.5. The van der Waals surface area contributed by atoms with Gasteiger partial charge in [0.2, 0.25) is 0 Å². The molecule has 32 heavy (non-hydrogen) atoms. The third-order valence-corrected chi connectivity index (χ3v) is 10.0. The lowest BCUT2D eigenvalue weighted by atomic mass is 9.48. The molecule has 0 heterocycles. The van der Waals surface area contributed by atoms with Crippen molar-refractivity contribution in [3.63, 3.8) is 0 Å². The summed E-state index contributed by atoms with van der Waals surface area (Å²) in [6.07, 6.45) is 10.5. The second-order valence-electron chi connectivity index (χ2n) is 11.4. The van der Waals surface area contributed by atoms with E-state index in [9.17, 15) is 14.4 Å². The number of fused-ring (bicyclic) bond motifs is 5. The standard InChI is InChI=1S/C27H40O5/c1-16(6-11-25(30)31-5)21-9-10-22-20-8-7-18-14-19(32-17(2)28)12-13-26(18,3)23(20)15-24(29)27(21,22)4/h15-16,18-22H,6-14H2,1-5H3/t16-,18+,19+,20-,21-,22-,26-,27-/m0/s1. The topological polar surface area (TPSA) is 69.7 Å². The molecule has 0 aromatic heterocycles. The monoisotopic (exact) mass is 444 g/mol. The average Bonchev–Trinajstić information content (AvgIpc) is 3.11. The molecule has 178 valence electrons. The Hall–Kier alpha value is -1.65. The minimum atomic E-state index is -0.318. The number of allylic oxidation sites excluding steroid dienone is 2. The molecule has 0 aromatic carbocycles. The van der Waals surface area contributed by atoms with Crippen molar-refractivity contribution < 1.29 is 23.9 Å². The molecule has 0 radical (unpaired) electrons. The molecule has 0 amide bonds. The number of methoxy groups -OCH3 is 1. The molecule has 0 unspecified atom stereocenters. The highest BCUT2D eigenvalue weighted by Crippen LogP contribution is 2.65. The zero-order valence-corrected chi connectivity index (χ0v) is 20.4. The molecule has 0 aliphatic heterocycles. The Morgan fingerprint density at radius 3 is 2.59 bits per heavy atom. The summed E-state index contributed by atoms with van der Waals surface area (Å²) in [5, 5.41) is 0. The van der Waals surface area contributed by atoms with E-state index in [1.54, 1.807) is 0 Å². The molecule has 4 aliphatic rings. The van der Waals surface area contributed by atoms with E-state index in [1.807, 2.05) is 6.08 Å². The van der Waals surface area contributed by atoms with Crippen molar-refractivity contribution in [3.05, 3.63) is 11.6 Å². The third-order valence-electron chi connectivity index (χ3n) is 10.0. The van der Waals surface area contributed by atoms with Crippen molar-refractivity contribution >= 4 is 17.7 Å². The van der Waals surface area contributed by atoms with Crippen molar-refractivity contribution in [1.82, 2.24) is 0 Å². The van der Waals surface area contributed by atoms with E-state index >= 15 is 0 Å². The smallest absolute Gasteiger partial charge is 0.305 e. The lowest BCUT2D eigenvalue weighted by Crippen LogP contribution is -2.52. The highest BCUT2D eigenvalue weighted by molar-refractivity contribution is 5.97. The number of carbonyl (C=O) groups excluding carboxylic acids is 3. The van der Waals surface area contributed by atoms with Gasteiger partial charge in [-0.15, -0.1) is 0 Å². The summed E-state index contributed by atoms with van der Waals surface area (Å²) in [7, 11) is 1.44. The van der Waals surface area contributed by atoms with Gasteiger partial charge in [-0.05, 0) is 92.4 Å². The van der Waals surface area contributed by atoms with Gasteiger partial charge in [0.15, 0.2) is 5.78 Å². The third kappa shape index (κ3) is 3.74. The first-order chi connectivity index (χ1) is 15.1. The Labute approximate surface area is 192 Å². The van der Waals surface area contributed by atoms with Gasteiger partial charge in [-0.25, -0.2) is 0 Å². The maximum absolute atomic E-state index is 13.8. The number of ketones is 1. The molecule has 4 rings (SSSR count). The van der Waals surface area contributed by atoms with E-state index in [2.05, 4.69) is 20.8 Å². The van der Waals surface area contributed by atoms with Crippen LogP contribution in [0, 0.1) is 40.4 Å². The van der Waals surface area contributed by atoms with Crippen molar-refractivity contribution in [2.24, 2.45) is 40.4 Å². The van der Waals surface area contributed by atoms with Crippen LogP contribution in [0.4, 0.5) is 0 Å². The molecule has 3 fully saturated rings. The summed E-state index contributed by atoms with van der Waals surface area (Å²) in [5.74, 6) is 1.99. The number of rotatable bonds is 5. The number of hydrogen-bond acceptors (Lipinski definition) is 5. The lowest BCUT2D eigenvalue weighted by molar-refractivity contribution is -0.151. The van der Waals surface area contributed by atoms with Crippen molar-refractivity contribution in [1.29, 1.82) is 0 Å². The summed E-state index contributed by atoms with van der Waals surface area (Å²) >= 11 is 0. The van der Waals surface area contributed by atoms with E-state index in [-0.39, 0.29) is 28.9 Å². The van der Waals surface area contributed by atoms with Crippen LogP contribution in [0.25, 0.3) is 0 Å². The van der Waals surface area contributed by atoms with Crippen LogP contribution in [-0.2, 0) is 23.9 Å². The summed E-state index contributed by atoms with van der Waals surface area (Å²) in [4.78, 5) is 36.9. The molecular formula is C27H40O5. The molecule has 0 saturated heterocycles. The largest absolute Gasteiger partial charge is 0.469 e. The quantitative estimate of drug-likeness (QED) is 0.541. The molecule has 5 heteroatoms. The number of ether oxygens (including phenoxy) is 2. The van der Waals surface area contributed by atoms with Crippen molar-refractivity contribution in [3.8, 4) is 0 Å². The first-order valence-electron chi connectivity index (χ1n) is 12.6. The first-order valence-corrected chi connectivity index (χ1v) is 12.6. The van der Waals surface area contributed by atoms with Crippen LogP contribution in [0.3, 0.4) is 0 Å². The Bertz CT molecular complexity index is 815. The average molecular weight is 445 g/mol. The van der Waals surface area contributed by atoms with E-state index < -0.39 is 0 Å². The van der Waals surface area contributed by atoms with Gasteiger partial charge in [0, 0.05) is 18.8 Å². The van der Waals surface area contributed by atoms with E-state index in [4.69, 9.17) is 9.47 Å². The van der Waals surface area contributed by atoms with Crippen LogP contribution in [0.2, 0.25) is 0 Å². The van der Waals surface area contributed by atoms with Crippen LogP contribution in [0.1, 0.15) is 85.5 Å². The van der Waals surface area contributed by atoms with Gasteiger partial charge in [-0.1, -0.05) is 26.3 Å². The van der Waals surface area contributed by atoms with Crippen LogP contribution < -0.4 is 0 Å². The molecular weight excluding hydrogens is 404 g/mol.